The summed E-state index contributed by atoms with van der Waals surface area (Å²) in [5.41, 5.74) is 4.98. The molecule has 0 aromatic heterocycles. The first-order valence-electron chi connectivity index (χ1n) is 8.17. The van der Waals surface area contributed by atoms with E-state index < -0.39 is 0 Å². The number of halogens is 1. The number of carbonyl (C=O) groups is 1. The highest BCUT2D eigenvalue weighted by Gasteiger charge is 2.12. The van der Waals surface area contributed by atoms with Crippen molar-refractivity contribution in [3.63, 3.8) is 0 Å². The topological polar surface area (TPSA) is 26.3 Å². The van der Waals surface area contributed by atoms with Gasteiger partial charge in [-0.25, -0.2) is 0 Å². The maximum absolute atomic E-state index is 11.5. The van der Waals surface area contributed by atoms with Crippen LogP contribution in [0.25, 0.3) is 0 Å². The van der Waals surface area contributed by atoms with E-state index in [1.165, 1.54) is 22.9 Å². The van der Waals surface area contributed by atoms with Crippen LogP contribution in [-0.2, 0) is 24.2 Å². The summed E-state index contributed by atoms with van der Waals surface area (Å²) in [5.74, 6) is 0.933. The molecule has 0 saturated carbocycles. The Morgan fingerprint density at radius 2 is 1.83 bits per heavy atom. The molecule has 0 fully saturated rings. The van der Waals surface area contributed by atoms with Gasteiger partial charge in [0.2, 0.25) is 0 Å². The zero-order valence-electron chi connectivity index (χ0n) is 14.6. The summed E-state index contributed by atoms with van der Waals surface area (Å²) in [6.45, 7) is 8.52. The first-order chi connectivity index (χ1) is 11.5. The number of rotatable bonds is 6. The molecule has 4 heteroatoms. The molecule has 0 saturated heterocycles. The summed E-state index contributed by atoms with van der Waals surface area (Å²) in [5, 5.41) is 0.0926. The van der Waals surface area contributed by atoms with E-state index in [-0.39, 0.29) is 5.12 Å². The summed E-state index contributed by atoms with van der Waals surface area (Å²) in [6, 6.07) is 10.4. The average molecular weight is 454 g/mol. The maximum atomic E-state index is 11.5. The van der Waals surface area contributed by atoms with Gasteiger partial charge in [0.25, 0.3) is 0 Å². The summed E-state index contributed by atoms with van der Waals surface area (Å²) < 4.78 is 7.26. The molecular weight excluding hydrogens is 431 g/mol. The van der Waals surface area contributed by atoms with Crippen molar-refractivity contribution < 1.29 is 9.53 Å². The van der Waals surface area contributed by atoms with E-state index in [0.29, 0.717) is 6.61 Å². The van der Waals surface area contributed by atoms with Crippen LogP contribution in [-0.4, -0.2) is 5.12 Å². The number of thioether (sulfide) groups is 1. The van der Waals surface area contributed by atoms with Crippen molar-refractivity contribution in [2.75, 3.05) is 0 Å². The average Bonchev–Trinajstić information content (AvgIpc) is 2.54. The fourth-order valence-electron chi connectivity index (χ4n) is 2.68. The minimum atomic E-state index is 0.0926. The van der Waals surface area contributed by atoms with Crippen LogP contribution in [0, 0.1) is 10.5 Å². The molecule has 0 N–H and O–H groups in total. The van der Waals surface area contributed by atoms with E-state index in [9.17, 15) is 4.79 Å². The van der Waals surface area contributed by atoms with Crippen LogP contribution in [0.4, 0.5) is 0 Å². The maximum Gasteiger partial charge on any atom is 0.190 e. The van der Waals surface area contributed by atoms with E-state index in [1.54, 1.807) is 6.92 Å². The lowest BCUT2D eigenvalue weighted by atomic mass is 10.00. The van der Waals surface area contributed by atoms with Crippen molar-refractivity contribution >= 4 is 39.5 Å². The molecule has 2 nitrogen and oxygen atoms in total. The van der Waals surface area contributed by atoms with Crippen molar-refractivity contribution in [1.82, 2.24) is 0 Å². The van der Waals surface area contributed by atoms with Crippen molar-refractivity contribution in [2.45, 2.75) is 52.0 Å². The molecule has 2 rings (SSSR count). The zero-order valence-corrected chi connectivity index (χ0v) is 17.6. The minimum Gasteiger partial charge on any atom is -0.489 e. The number of hydrogen-bond donors (Lipinski definition) is 0. The van der Waals surface area contributed by atoms with Gasteiger partial charge < -0.3 is 4.74 Å². The van der Waals surface area contributed by atoms with Crippen molar-refractivity contribution in [3.8, 4) is 5.75 Å². The molecule has 0 radical (unpaired) electrons. The number of carbonyl (C=O) groups excluding carboxylic acids is 1. The Morgan fingerprint density at radius 3 is 2.46 bits per heavy atom. The quantitative estimate of drug-likeness (QED) is 0.399. The second kappa shape index (κ2) is 8.90. The molecule has 2 aromatic carbocycles. The van der Waals surface area contributed by atoms with Crippen LogP contribution >= 0.6 is 34.4 Å². The molecule has 0 aliphatic rings. The lowest BCUT2D eigenvalue weighted by molar-refractivity contribution is -0.109. The summed E-state index contributed by atoms with van der Waals surface area (Å²) in [4.78, 5) is 12.5. The largest absolute Gasteiger partial charge is 0.489 e. The molecule has 128 valence electrons. The van der Waals surface area contributed by atoms with Gasteiger partial charge in [-0.15, -0.1) is 0 Å². The monoisotopic (exact) mass is 454 g/mol. The van der Waals surface area contributed by atoms with E-state index in [1.807, 2.05) is 18.2 Å². The molecule has 0 aliphatic carbocycles. The van der Waals surface area contributed by atoms with Crippen LogP contribution in [0.5, 0.6) is 5.75 Å². The van der Waals surface area contributed by atoms with Gasteiger partial charge in [0.1, 0.15) is 12.4 Å². The second-order valence-electron chi connectivity index (χ2n) is 5.69. The molecular formula is C20H23IO2S. The highest BCUT2D eigenvalue weighted by Crippen LogP contribution is 2.30. The number of ether oxygens (including phenoxy) is 1. The predicted molar refractivity (Wildman–Crippen MR) is 110 cm³/mol. The summed E-state index contributed by atoms with van der Waals surface area (Å²) >= 11 is 3.57. The molecule has 0 unspecified atom stereocenters. The molecule has 24 heavy (non-hydrogen) atoms. The van der Waals surface area contributed by atoms with Gasteiger partial charge in [-0.1, -0.05) is 37.7 Å². The molecule has 0 atom stereocenters. The van der Waals surface area contributed by atoms with Gasteiger partial charge in [0.15, 0.2) is 5.12 Å². The van der Waals surface area contributed by atoms with Gasteiger partial charge in [-0.05, 0) is 77.2 Å². The lowest BCUT2D eigenvalue weighted by Gasteiger charge is -2.16. The highest BCUT2D eigenvalue weighted by molar-refractivity contribution is 14.1. The third-order valence-electron chi connectivity index (χ3n) is 3.96. The molecule has 0 amide bonds. The molecule has 2 aromatic rings. The van der Waals surface area contributed by atoms with Crippen LogP contribution in [0.1, 0.15) is 43.0 Å². The summed E-state index contributed by atoms with van der Waals surface area (Å²) in [7, 11) is 0. The second-order valence-corrected chi connectivity index (χ2v) is 8.07. The Bertz CT molecular complexity index is 741. The lowest BCUT2D eigenvalue weighted by Crippen LogP contribution is -2.03. The molecule has 0 aliphatic heterocycles. The third kappa shape index (κ3) is 4.76. The van der Waals surface area contributed by atoms with Gasteiger partial charge in [0, 0.05) is 21.0 Å². The Morgan fingerprint density at radius 1 is 1.17 bits per heavy atom. The fraction of sp³-hybridized carbons (Fsp3) is 0.350. The number of aryl methyl sites for hydroxylation is 3. The fourth-order valence-corrected chi connectivity index (χ4v) is 4.27. The van der Waals surface area contributed by atoms with Crippen LogP contribution < -0.4 is 4.74 Å². The summed E-state index contributed by atoms with van der Waals surface area (Å²) in [6.07, 6.45) is 2.05. The van der Waals surface area contributed by atoms with E-state index in [2.05, 4.69) is 55.5 Å². The Balaban J connectivity index is 2.27. The van der Waals surface area contributed by atoms with Crippen molar-refractivity contribution in [3.05, 3.63) is 56.2 Å². The van der Waals surface area contributed by atoms with Crippen molar-refractivity contribution in [2.24, 2.45) is 0 Å². The van der Waals surface area contributed by atoms with E-state index in [0.717, 1.165) is 38.2 Å². The van der Waals surface area contributed by atoms with Crippen LogP contribution in [0.2, 0.25) is 0 Å². The Hall–Kier alpha value is -1.01. The van der Waals surface area contributed by atoms with E-state index >= 15 is 0 Å². The minimum absolute atomic E-state index is 0.0926. The Kier molecular flexibility index (Phi) is 7.16. The molecule has 0 bridgehead atoms. The third-order valence-corrected chi connectivity index (χ3v) is 5.86. The van der Waals surface area contributed by atoms with Gasteiger partial charge >= 0.3 is 0 Å². The predicted octanol–water partition coefficient (Wildman–Crippen LogP) is 5.94. The first-order valence-corrected chi connectivity index (χ1v) is 10.1. The van der Waals surface area contributed by atoms with Gasteiger partial charge in [-0.3, -0.25) is 4.79 Å². The number of hydrogen-bond acceptors (Lipinski definition) is 3. The van der Waals surface area contributed by atoms with Crippen LogP contribution in [0.15, 0.2) is 35.2 Å². The molecule has 0 spiro atoms. The van der Waals surface area contributed by atoms with Gasteiger partial charge in [-0.2, -0.15) is 0 Å². The normalized spacial score (nSPS) is 10.7. The SMILES string of the molecule is CCc1cc(C)c(OCc2c(I)cccc2SC(C)=O)cc1CC. The van der Waals surface area contributed by atoms with Gasteiger partial charge in [0.05, 0.1) is 0 Å². The van der Waals surface area contributed by atoms with Crippen molar-refractivity contribution in [1.29, 1.82) is 0 Å². The highest BCUT2D eigenvalue weighted by atomic mass is 127. The van der Waals surface area contributed by atoms with E-state index in [4.69, 9.17) is 4.74 Å². The first kappa shape index (κ1) is 19.3. The number of benzene rings is 2. The zero-order chi connectivity index (χ0) is 17.7. The molecule has 0 heterocycles. The smallest absolute Gasteiger partial charge is 0.190 e. The Labute approximate surface area is 162 Å². The van der Waals surface area contributed by atoms with Crippen LogP contribution in [0.3, 0.4) is 0 Å². The standard InChI is InChI=1S/C20H23IO2S/c1-5-15-10-13(3)19(11-16(15)6-2)23-12-17-18(21)8-7-9-20(17)24-14(4)22/h7-11H,5-6,12H2,1-4H3.